The molecule has 1 unspecified atom stereocenters. The highest BCUT2D eigenvalue weighted by molar-refractivity contribution is 4.86. The highest BCUT2D eigenvalue weighted by Gasteiger charge is 2.22. The molecule has 0 aliphatic carbocycles. The first-order valence-electron chi connectivity index (χ1n) is 8.05. The molecule has 1 N–H and O–H groups in total. The average molecular weight is 280 g/mol. The maximum Gasteiger partial charge on any atom is 0.165 e. The second kappa shape index (κ2) is 8.32. The van der Waals surface area contributed by atoms with Gasteiger partial charge in [0.05, 0.1) is 6.54 Å². The molecular weight excluding hydrogens is 252 g/mol. The van der Waals surface area contributed by atoms with Crippen LogP contribution in [0, 0.1) is 0 Å². The molecule has 1 aromatic heterocycles. The number of tetrazole rings is 1. The van der Waals surface area contributed by atoms with Crippen molar-refractivity contribution in [1.29, 1.82) is 0 Å². The summed E-state index contributed by atoms with van der Waals surface area (Å²) < 4.78 is 1.97. The van der Waals surface area contributed by atoms with Crippen molar-refractivity contribution in [2.24, 2.45) is 0 Å². The Balaban J connectivity index is 1.97. The number of aryl methyl sites for hydroxylation is 1. The first-order chi connectivity index (χ1) is 9.85. The molecule has 20 heavy (non-hydrogen) atoms. The summed E-state index contributed by atoms with van der Waals surface area (Å²) >= 11 is 0. The molecule has 0 saturated carbocycles. The van der Waals surface area contributed by atoms with Crippen molar-refractivity contribution in [3.8, 4) is 0 Å². The van der Waals surface area contributed by atoms with Crippen molar-refractivity contribution < 1.29 is 0 Å². The minimum Gasteiger partial charge on any atom is -0.315 e. The predicted molar refractivity (Wildman–Crippen MR) is 79.3 cm³/mol. The zero-order chi connectivity index (χ0) is 14.2. The van der Waals surface area contributed by atoms with Crippen LogP contribution in [0.3, 0.4) is 0 Å². The highest BCUT2D eigenvalue weighted by atomic mass is 15.5. The normalized spacial score (nSPS) is 19.6. The van der Waals surface area contributed by atoms with Crippen molar-refractivity contribution >= 4 is 0 Å². The number of rotatable bonds is 8. The molecule has 0 radical (unpaired) electrons. The molecule has 114 valence electrons. The van der Waals surface area contributed by atoms with Gasteiger partial charge in [0.15, 0.2) is 5.82 Å². The van der Waals surface area contributed by atoms with Gasteiger partial charge in [0, 0.05) is 19.1 Å². The van der Waals surface area contributed by atoms with Crippen LogP contribution in [0.25, 0.3) is 0 Å². The molecule has 1 aliphatic heterocycles. The third kappa shape index (κ3) is 4.24. The number of nitrogens with zero attached hydrogens (tertiary/aromatic N) is 5. The number of hydrogen-bond acceptors (Lipinski definition) is 5. The van der Waals surface area contributed by atoms with E-state index >= 15 is 0 Å². The smallest absolute Gasteiger partial charge is 0.165 e. The molecule has 0 aromatic carbocycles. The van der Waals surface area contributed by atoms with Crippen LogP contribution < -0.4 is 5.32 Å². The Morgan fingerprint density at radius 2 is 2.25 bits per heavy atom. The van der Waals surface area contributed by atoms with Crippen LogP contribution in [0.15, 0.2) is 0 Å². The van der Waals surface area contributed by atoms with Gasteiger partial charge in [-0.25, -0.2) is 4.68 Å². The van der Waals surface area contributed by atoms with Crippen LogP contribution in [0.1, 0.15) is 51.8 Å². The zero-order valence-corrected chi connectivity index (χ0v) is 12.9. The largest absolute Gasteiger partial charge is 0.315 e. The molecule has 1 aliphatic rings. The lowest BCUT2D eigenvalue weighted by molar-refractivity contribution is 0.151. The first kappa shape index (κ1) is 15.4. The maximum atomic E-state index is 4.23. The topological polar surface area (TPSA) is 58.9 Å². The van der Waals surface area contributed by atoms with Gasteiger partial charge in [-0.2, -0.15) is 0 Å². The van der Waals surface area contributed by atoms with Crippen LogP contribution >= 0.6 is 0 Å². The van der Waals surface area contributed by atoms with E-state index in [0.717, 1.165) is 45.0 Å². The van der Waals surface area contributed by atoms with Gasteiger partial charge in [-0.05, 0) is 49.2 Å². The second-order valence-corrected chi connectivity index (χ2v) is 5.64. The molecule has 1 fully saturated rings. The Labute approximate surface area is 121 Å². The predicted octanol–water partition coefficient (Wildman–Crippen LogP) is 1.44. The zero-order valence-electron chi connectivity index (χ0n) is 12.9. The number of nitrogens with one attached hydrogen (secondary N) is 1. The molecule has 0 bridgehead atoms. The molecule has 6 heteroatoms. The highest BCUT2D eigenvalue weighted by Crippen LogP contribution is 2.14. The number of piperidine rings is 1. The summed E-state index contributed by atoms with van der Waals surface area (Å²) in [4.78, 5) is 2.54. The fraction of sp³-hybridized carbons (Fsp3) is 0.929. The number of aromatic nitrogens is 4. The molecular formula is C14H28N6. The third-order valence-corrected chi connectivity index (χ3v) is 3.97. The lowest BCUT2D eigenvalue weighted by Gasteiger charge is -2.34. The number of hydrogen-bond donors (Lipinski definition) is 1. The Hall–Kier alpha value is -1.01. The van der Waals surface area contributed by atoms with E-state index in [1.165, 1.54) is 25.7 Å². The minimum atomic E-state index is 0.625. The van der Waals surface area contributed by atoms with Gasteiger partial charge in [0.2, 0.25) is 0 Å². The molecule has 2 rings (SSSR count). The quantitative estimate of drug-likeness (QED) is 0.781. The van der Waals surface area contributed by atoms with E-state index in [-0.39, 0.29) is 0 Å². The summed E-state index contributed by atoms with van der Waals surface area (Å²) in [6, 6.07) is 0.625. The molecule has 1 aromatic rings. The Bertz CT molecular complexity index is 371. The molecule has 0 amide bonds. The van der Waals surface area contributed by atoms with E-state index in [9.17, 15) is 0 Å². The first-order valence-corrected chi connectivity index (χ1v) is 8.05. The third-order valence-electron chi connectivity index (χ3n) is 3.97. The summed E-state index contributed by atoms with van der Waals surface area (Å²) in [5.74, 6) is 1.01. The van der Waals surface area contributed by atoms with Gasteiger partial charge in [0.25, 0.3) is 0 Å². The van der Waals surface area contributed by atoms with Crippen molar-refractivity contribution in [1.82, 2.24) is 30.4 Å². The minimum absolute atomic E-state index is 0.625. The van der Waals surface area contributed by atoms with E-state index in [1.54, 1.807) is 0 Å². The standard InChI is InChI=1S/C14H28N6/c1-3-5-10-20-14(16-17-18-20)12-19(9-4-2)13-7-6-8-15-11-13/h13,15H,3-12H2,1-2H3. The van der Waals surface area contributed by atoms with E-state index < -0.39 is 0 Å². The van der Waals surface area contributed by atoms with E-state index in [1.807, 2.05) is 4.68 Å². The fourth-order valence-electron chi connectivity index (χ4n) is 2.82. The van der Waals surface area contributed by atoms with Crippen LogP contribution in [-0.4, -0.2) is 50.8 Å². The van der Waals surface area contributed by atoms with Gasteiger partial charge in [-0.3, -0.25) is 4.90 Å². The molecule has 1 saturated heterocycles. The van der Waals surface area contributed by atoms with Crippen molar-refractivity contribution in [3.05, 3.63) is 5.82 Å². The van der Waals surface area contributed by atoms with Gasteiger partial charge >= 0.3 is 0 Å². The Morgan fingerprint density at radius 3 is 2.95 bits per heavy atom. The van der Waals surface area contributed by atoms with E-state index in [0.29, 0.717) is 6.04 Å². The summed E-state index contributed by atoms with van der Waals surface area (Å²) in [7, 11) is 0. The van der Waals surface area contributed by atoms with Crippen molar-refractivity contribution in [3.63, 3.8) is 0 Å². The van der Waals surface area contributed by atoms with E-state index in [2.05, 4.69) is 39.6 Å². The summed E-state index contributed by atoms with van der Waals surface area (Å²) in [6.07, 6.45) is 6.03. The number of unbranched alkanes of at least 4 members (excludes halogenated alkanes) is 1. The Kier molecular flexibility index (Phi) is 6.39. The molecule has 6 nitrogen and oxygen atoms in total. The molecule has 1 atom stereocenters. The maximum absolute atomic E-state index is 4.23. The summed E-state index contributed by atoms with van der Waals surface area (Å²) in [5.41, 5.74) is 0. The lowest BCUT2D eigenvalue weighted by Crippen LogP contribution is -2.46. The van der Waals surface area contributed by atoms with Crippen LogP contribution in [-0.2, 0) is 13.1 Å². The van der Waals surface area contributed by atoms with Crippen molar-refractivity contribution in [2.45, 2.75) is 65.1 Å². The molecule has 0 spiro atoms. The van der Waals surface area contributed by atoms with Gasteiger partial charge < -0.3 is 5.32 Å². The van der Waals surface area contributed by atoms with Gasteiger partial charge in [0.1, 0.15) is 0 Å². The van der Waals surface area contributed by atoms with E-state index in [4.69, 9.17) is 0 Å². The van der Waals surface area contributed by atoms with Gasteiger partial charge in [-0.15, -0.1) is 5.10 Å². The summed E-state index contributed by atoms with van der Waals surface area (Å²) in [5, 5.41) is 15.7. The Morgan fingerprint density at radius 1 is 1.35 bits per heavy atom. The van der Waals surface area contributed by atoms with Crippen molar-refractivity contribution in [2.75, 3.05) is 19.6 Å². The monoisotopic (exact) mass is 280 g/mol. The SMILES string of the molecule is CCCCn1nnnc1CN(CCC)C1CCCNC1. The van der Waals surface area contributed by atoms with Crippen LogP contribution in [0.4, 0.5) is 0 Å². The lowest BCUT2D eigenvalue weighted by atomic mass is 10.1. The second-order valence-electron chi connectivity index (χ2n) is 5.64. The van der Waals surface area contributed by atoms with Crippen LogP contribution in [0.2, 0.25) is 0 Å². The van der Waals surface area contributed by atoms with Crippen LogP contribution in [0.5, 0.6) is 0 Å². The average Bonchev–Trinajstić information content (AvgIpc) is 2.93. The fourth-order valence-corrected chi connectivity index (χ4v) is 2.82. The summed E-state index contributed by atoms with van der Waals surface area (Å²) in [6.45, 7) is 9.61. The molecule has 2 heterocycles. The van der Waals surface area contributed by atoms with Gasteiger partial charge in [-0.1, -0.05) is 20.3 Å².